The van der Waals surface area contributed by atoms with Gasteiger partial charge in [0.05, 0.1) is 7.11 Å². The predicted octanol–water partition coefficient (Wildman–Crippen LogP) is 7.29. The monoisotopic (exact) mass is 454 g/mol. The summed E-state index contributed by atoms with van der Waals surface area (Å²) in [7, 11) is 1.63. The molecule has 0 saturated heterocycles. The minimum atomic E-state index is -0.253. The zero-order valence-corrected chi connectivity index (χ0v) is 20.1. The lowest BCUT2D eigenvalue weighted by atomic mass is 9.96. The van der Waals surface area contributed by atoms with Crippen molar-refractivity contribution < 1.29 is 24.1 Å². The van der Waals surface area contributed by atoms with Gasteiger partial charge in [-0.05, 0) is 43.0 Å². The van der Waals surface area contributed by atoms with Crippen LogP contribution in [0.1, 0.15) is 94.8 Å². The molecule has 0 aliphatic carbocycles. The van der Waals surface area contributed by atoms with Crippen molar-refractivity contribution in [3.05, 3.63) is 47.5 Å². The van der Waals surface area contributed by atoms with E-state index >= 15 is 0 Å². The molecule has 0 bridgehead atoms. The summed E-state index contributed by atoms with van der Waals surface area (Å²) in [6.45, 7) is 2.23. The van der Waals surface area contributed by atoms with Crippen LogP contribution in [-0.2, 0) is 11.2 Å². The van der Waals surface area contributed by atoms with Crippen LogP contribution in [0, 0.1) is 0 Å². The van der Waals surface area contributed by atoms with Crippen LogP contribution >= 0.6 is 0 Å². The Morgan fingerprint density at radius 3 is 2.36 bits per heavy atom. The summed E-state index contributed by atoms with van der Waals surface area (Å²) < 4.78 is 16.9. The molecule has 2 aromatic rings. The third kappa shape index (κ3) is 7.69. The van der Waals surface area contributed by atoms with E-state index in [2.05, 4.69) is 6.92 Å². The second kappa shape index (κ2) is 13.1. The van der Waals surface area contributed by atoms with E-state index in [0.717, 1.165) is 42.7 Å². The smallest absolute Gasteiger partial charge is 0.311 e. The number of unbranched alkanes of at least 4 members (excludes halogenated alkanes) is 8. The minimum Gasteiger partial charge on any atom is -0.507 e. The Bertz CT molecular complexity index is 892. The van der Waals surface area contributed by atoms with Crippen molar-refractivity contribution >= 4 is 5.97 Å². The lowest BCUT2D eigenvalue weighted by Gasteiger charge is -2.27. The number of carbonyl (C=O) groups is 1. The van der Waals surface area contributed by atoms with E-state index in [4.69, 9.17) is 14.2 Å². The molecule has 0 fully saturated rings. The average Bonchev–Trinajstić information content (AvgIpc) is 2.82. The summed E-state index contributed by atoms with van der Waals surface area (Å²) >= 11 is 0. The Balaban J connectivity index is 1.42. The molecule has 1 aliphatic rings. The molecular formula is C28H38O5. The highest BCUT2D eigenvalue weighted by molar-refractivity contribution is 5.72. The summed E-state index contributed by atoms with van der Waals surface area (Å²) in [5, 5.41) is 10.6. The molecule has 1 aliphatic heterocycles. The minimum absolute atomic E-state index is 0.0831. The van der Waals surface area contributed by atoms with Gasteiger partial charge in [0.1, 0.15) is 29.1 Å². The summed E-state index contributed by atoms with van der Waals surface area (Å²) in [5.74, 6) is 1.73. The molecule has 1 atom stereocenters. The number of phenols is 1. The zero-order chi connectivity index (χ0) is 23.5. The number of rotatable bonds is 13. The van der Waals surface area contributed by atoms with Crippen LogP contribution in [0.3, 0.4) is 0 Å². The molecule has 180 valence electrons. The highest BCUT2D eigenvalue weighted by Crippen LogP contribution is 2.40. The Labute approximate surface area is 198 Å². The highest BCUT2D eigenvalue weighted by atomic mass is 16.5. The normalized spacial score (nSPS) is 14.9. The number of phenolic OH excluding ortho intramolecular Hbond substituents is 1. The first-order chi connectivity index (χ1) is 16.1. The fraction of sp³-hybridized carbons (Fsp3) is 0.536. The number of carbonyl (C=O) groups excluding carboxylic acids is 1. The Morgan fingerprint density at radius 1 is 0.970 bits per heavy atom. The predicted molar refractivity (Wildman–Crippen MR) is 130 cm³/mol. The maximum atomic E-state index is 12.2. The van der Waals surface area contributed by atoms with E-state index in [0.29, 0.717) is 17.7 Å². The van der Waals surface area contributed by atoms with Crippen LogP contribution in [0.5, 0.6) is 23.0 Å². The first kappa shape index (κ1) is 24.9. The number of ether oxygens (including phenoxy) is 3. The van der Waals surface area contributed by atoms with E-state index < -0.39 is 0 Å². The number of esters is 1. The SMILES string of the molecule is CCCCCCCCCCCC(=O)Oc1ccc(C2CCc3ccc(OC)cc3O2)c(O)c1. The van der Waals surface area contributed by atoms with Gasteiger partial charge in [0.25, 0.3) is 0 Å². The molecule has 0 aromatic heterocycles. The van der Waals surface area contributed by atoms with Gasteiger partial charge in [-0.25, -0.2) is 0 Å². The maximum absolute atomic E-state index is 12.2. The largest absolute Gasteiger partial charge is 0.507 e. The summed E-state index contributed by atoms with van der Waals surface area (Å²) in [6, 6.07) is 10.8. The van der Waals surface area contributed by atoms with E-state index in [-0.39, 0.29) is 17.8 Å². The van der Waals surface area contributed by atoms with Gasteiger partial charge in [-0.3, -0.25) is 4.79 Å². The molecule has 2 aromatic carbocycles. The quantitative estimate of drug-likeness (QED) is 0.195. The van der Waals surface area contributed by atoms with Crippen molar-refractivity contribution in [3.8, 4) is 23.0 Å². The number of aryl methyl sites for hydroxylation is 1. The zero-order valence-electron chi connectivity index (χ0n) is 20.1. The third-order valence-corrected chi connectivity index (χ3v) is 6.28. The molecule has 3 rings (SSSR count). The first-order valence-electron chi connectivity index (χ1n) is 12.5. The molecular weight excluding hydrogens is 416 g/mol. The fourth-order valence-corrected chi connectivity index (χ4v) is 4.32. The molecule has 5 nitrogen and oxygen atoms in total. The van der Waals surface area contributed by atoms with Crippen LogP contribution in [0.2, 0.25) is 0 Å². The van der Waals surface area contributed by atoms with Crippen LogP contribution < -0.4 is 14.2 Å². The maximum Gasteiger partial charge on any atom is 0.311 e. The summed E-state index contributed by atoms with van der Waals surface area (Å²) in [4.78, 5) is 12.2. The van der Waals surface area contributed by atoms with Crippen molar-refractivity contribution in [2.75, 3.05) is 7.11 Å². The first-order valence-corrected chi connectivity index (χ1v) is 12.5. The van der Waals surface area contributed by atoms with Crippen molar-refractivity contribution in [2.45, 2.75) is 90.1 Å². The standard InChI is InChI=1S/C28H38O5/c1-3-4-5-6-7-8-9-10-11-12-28(30)32-23-16-17-24(25(29)19-23)26-18-14-21-13-15-22(31-2)20-27(21)33-26/h13,15-17,19-20,26,29H,3-12,14,18H2,1-2H3. The van der Waals surface area contributed by atoms with Gasteiger partial charge in [0.15, 0.2) is 0 Å². The van der Waals surface area contributed by atoms with E-state index in [1.165, 1.54) is 51.0 Å². The Kier molecular flexibility index (Phi) is 9.92. The van der Waals surface area contributed by atoms with E-state index in [1.807, 2.05) is 18.2 Å². The van der Waals surface area contributed by atoms with E-state index in [1.54, 1.807) is 19.2 Å². The van der Waals surface area contributed by atoms with Gasteiger partial charge in [-0.1, -0.05) is 64.4 Å². The van der Waals surface area contributed by atoms with Crippen LogP contribution in [0.4, 0.5) is 0 Å². The van der Waals surface area contributed by atoms with Gasteiger partial charge >= 0.3 is 5.97 Å². The number of aromatic hydroxyl groups is 1. The van der Waals surface area contributed by atoms with Crippen molar-refractivity contribution in [1.82, 2.24) is 0 Å². The third-order valence-electron chi connectivity index (χ3n) is 6.28. The molecule has 0 saturated carbocycles. The fourth-order valence-electron chi connectivity index (χ4n) is 4.32. The lowest BCUT2D eigenvalue weighted by molar-refractivity contribution is -0.134. The summed E-state index contributed by atoms with van der Waals surface area (Å²) in [6.07, 6.45) is 12.7. The van der Waals surface area contributed by atoms with Crippen LogP contribution in [0.25, 0.3) is 0 Å². The van der Waals surface area contributed by atoms with Crippen molar-refractivity contribution in [1.29, 1.82) is 0 Å². The molecule has 5 heteroatoms. The van der Waals surface area contributed by atoms with E-state index in [9.17, 15) is 9.90 Å². The Hall–Kier alpha value is -2.69. The summed E-state index contributed by atoms with van der Waals surface area (Å²) in [5.41, 5.74) is 1.83. The molecule has 0 radical (unpaired) electrons. The molecule has 1 unspecified atom stereocenters. The molecule has 1 heterocycles. The van der Waals surface area contributed by atoms with Crippen LogP contribution in [-0.4, -0.2) is 18.2 Å². The van der Waals surface area contributed by atoms with Gasteiger partial charge < -0.3 is 19.3 Å². The molecule has 33 heavy (non-hydrogen) atoms. The molecule has 0 spiro atoms. The van der Waals surface area contributed by atoms with Crippen LogP contribution in [0.15, 0.2) is 36.4 Å². The topological polar surface area (TPSA) is 65.0 Å². The van der Waals surface area contributed by atoms with Crippen molar-refractivity contribution in [3.63, 3.8) is 0 Å². The van der Waals surface area contributed by atoms with Gasteiger partial charge in [0, 0.05) is 24.1 Å². The molecule has 0 amide bonds. The number of hydrogen-bond acceptors (Lipinski definition) is 5. The number of hydrogen-bond donors (Lipinski definition) is 1. The second-order valence-corrected chi connectivity index (χ2v) is 8.89. The average molecular weight is 455 g/mol. The van der Waals surface area contributed by atoms with Gasteiger partial charge in [-0.15, -0.1) is 0 Å². The Morgan fingerprint density at radius 2 is 1.67 bits per heavy atom. The number of methoxy groups -OCH3 is 1. The molecule has 1 N–H and O–H groups in total. The number of benzene rings is 2. The highest BCUT2D eigenvalue weighted by Gasteiger charge is 2.24. The van der Waals surface area contributed by atoms with Crippen molar-refractivity contribution in [2.24, 2.45) is 0 Å². The van der Waals surface area contributed by atoms with Gasteiger partial charge in [0.2, 0.25) is 0 Å². The van der Waals surface area contributed by atoms with Gasteiger partial charge in [-0.2, -0.15) is 0 Å². The lowest BCUT2D eigenvalue weighted by Crippen LogP contribution is -2.15. The second-order valence-electron chi connectivity index (χ2n) is 8.89. The number of fused-ring (bicyclic) bond motifs is 1.